The molecule has 0 spiro atoms. The minimum atomic E-state index is -0.869. The number of rotatable bonds is 5. The van der Waals surface area contributed by atoms with Gasteiger partial charge in [0.2, 0.25) is 5.91 Å². The van der Waals surface area contributed by atoms with Crippen LogP contribution in [0.4, 0.5) is 20.2 Å². The maximum atomic E-state index is 14.2. The number of thioether (sulfide) groups is 1. The van der Waals surface area contributed by atoms with Crippen LogP contribution in [0.15, 0.2) is 47.4 Å². The lowest BCUT2D eigenvalue weighted by molar-refractivity contribution is -0.120. The second-order valence-electron chi connectivity index (χ2n) is 5.94. The number of hydrogen-bond acceptors (Lipinski definition) is 4. The molecule has 0 atom stereocenters. The average molecular weight is 402 g/mol. The normalized spacial score (nSPS) is 14.1. The standard InChI is InChI=1S/C20H16F2N2O3S/c1-3-28-18-17(12-4-7-14(8-5-12)23-11(2)25)19(26)24(20(18)27)16-10-13(21)6-9-15(16)22/h4-10H,3H2,1-2H3,(H,23,25). The van der Waals surface area contributed by atoms with E-state index in [1.807, 2.05) is 6.92 Å². The van der Waals surface area contributed by atoms with Crippen LogP contribution in [-0.4, -0.2) is 23.5 Å². The summed E-state index contributed by atoms with van der Waals surface area (Å²) in [5.41, 5.74) is 0.679. The zero-order chi connectivity index (χ0) is 20.4. The van der Waals surface area contributed by atoms with E-state index in [1.165, 1.54) is 6.92 Å². The molecule has 2 aromatic carbocycles. The topological polar surface area (TPSA) is 66.5 Å². The molecule has 28 heavy (non-hydrogen) atoms. The van der Waals surface area contributed by atoms with E-state index in [-0.39, 0.29) is 16.4 Å². The summed E-state index contributed by atoms with van der Waals surface area (Å²) in [5, 5.41) is 2.61. The van der Waals surface area contributed by atoms with E-state index in [4.69, 9.17) is 0 Å². The third kappa shape index (κ3) is 3.68. The van der Waals surface area contributed by atoms with Gasteiger partial charge in [-0.15, -0.1) is 11.8 Å². The molecule has 0 saturated carbocycles. The Morgan fingerprint density at radius 2 is 1.75 bits per heavy atom. The third-order valence-electron chi connectivity index (χ3n) is 3.97. The SMILES string of the molecule is CCSC1=C(c2ccc(NC(C)=O)cc2)C(=O)N(c2cc(F)ccc2F)C1=O. The monoisotopic (exact) mass is 402 g/mol. The molecule has 0 bridgehead atoms. The molecule has 0 aromatic heterocycles. The molecule has 8 heteroatoms. The summed E-state index contributed by atoms with van der Waals surface area (Å²) in [5.74, 6) is -2.77. The van der Waals surface area contributed by atoms with Crippen molar-refractivity contribution in [3.63, 3.8) is 0 Å². The second kappa shape index (κ2) is 7.93. The lowest BCUT2D eigenvalue weighted by Crippen LogP contribution is -2.32. The van der Waals surface area contributed by atoms with Crippen LogP contribution >= 0.6 is 11.8 Å². The molecule has 1 aliphatic rings. The van der Waals surface area contributed by atoms with E-state index in [2.05, 4.69) is 5.32 Å². The van der Waals surface area contributed by atoms with Crippen LogP contribution in [0.3, 0.4) is 0 Å². The molecular formula is C20H16F2N2O3S. The van der Waals surface area contributed by atoms with Gasteiger partial charge in [-0.2, -0.15) is 0 Å². The van der Waals surface area contributed by atoms with Crippen LogP contribution in [0.5, 0.6) is 0 Å². The van der Waals surface area contributed by atoms with Crippen molar-refractivity contribution in [2.45, 2.75) is 13.8 Å². The lowest BCUT2D eigenvalue weighted by atomic mass is 10.1. The van der Waals surface area contributed by atoms with Crippen molar-refractivity contribution >= 4 is 46.4 Å². The lowest BCUT2D eigenvalue weighted by Gasteiger charge is -2.16. The zero-order valence-electron chi connectivity index (χ0n) is 15.1. The molecule has 0 fully saturated rings. The fourth-order valence-corrected chi connectivity index (χ4v) is 3.69. The summed E-state index contributed by atoms with van der Waals surface area (Å²) in [6.07, 6.45) is 0. The molecule has 5 nitrogen and oxygen atoms in total. The maximum absolute atomic E-state index is 14.2. The van der Waals surface area contributed by atoms with Crippen LogP contribution in [0.25, 0.3) is 5.57 Å². The second-order valence-corrected chi connectivity index (χ2v) is 7.21. The molecule has 144 valence electrons. The van der Waals surface area contributed by atoms with Crippen molar-refractivity contribution in [3.8, 4) is 0 Å². The van der Waals surface area contributed by atoms with Gasteiger partial charge < -0.3 is 5.32 Å². The Kier molecular flexibility index (Phi) is 5.60. The highest BCUT2D eigenvalue weighted by molar-refractivity contribution is 8.04. The summed E-state index contributed by atoms with van der Waals surface area (Å²) < 4.78 is 27.8. The third-order valence-corrected chi connectivity index (χ3v) is 4.93. The van der Waals surface area contributed by atoms with Gasteiger partial charge >= 0.3 is 0 Å². The number of hydrogen-bond donors (Lipinski definition) is 1. The number of carbonyl (C=O) groups excluding carboxylic acids is 3. The summed E-state index contributed by atoms with van der Waals surface area (Å²) in [6, 6.07) is 8.99. The van der Waals surface area contributed by atoms with Crippen LogP contribution in [0.2, 0.25) is 0 Å². The molecule has 1 aliphatic heterocycles. The molecule has 1 heterocycles. The van der Waals surface area contributed by atoms with Gasteiger partial charge in [0.1, 0.15) is 11.6 Å². The van der Waals surface area contributed by atoms with Gasteiger partial charge in [-0.25, -0.2) is 13.7 Å². The molecule has 1 N–H and O–H groups in total. The number of amides is 3. The Labute approximate surface area is 164 Å². The molecule has 0 saturated heterocycles. The van der Waals surface area contributed by atoms with E-state index in [0.29, 0.717) is 21.9 Å². The largest absolute Gasteiger partial charge is 0.326 e. The predicted octanol–water partition coefficient (Wildman–Crippen LogP) is 3.96. The van der Waals surface area contributed by atoms with Crippen LogP contribution in [0, 0.1) is 11.6 Å². The molecular weight excluding hydrogens is 386 g/mol. The minimum Gasteiger partial charge on any atom is -0.326 e. The fraction of sp³-hybridized carbons (Fsp3) is 0.150. The summed E-state index contributed by atoms with van der Waals surface area (Å²) in [6.45, 7) is 3.19. The summed E-state index contributed by atoms with van der Waals surface area (Å²) >= 11 is 1.16. The maximum Gasteiger partial charge on any atom is 0.272 e. The minimum absolute atomic E-state index is 0.120. The molecule has 0 unspecified atom stereocenters. The highest BCUT2D eigenvalue weighted by atomic mass is 32.2. The van der Waals surface area contributed by atoms with E-state index >= 15 is 0 Å². The number of imide groups is 1. The molecule has 3 rings (SSSR count). The van der Waals surface area contributed by atoms with E-state index < -0.39 is 29.1 Å². The zero-order valence-corrected chi connectivity index (χ0v) is 15.9. The molecule has 3 amide bonds. The van der Waals surface area contributed by atoms with Crippen molar-refractivity contribution in [3.05, 3.63) is 64.6 Å². The number of nitrogens with one attached hydrogen (secondary N) is 1. The van der Waals surface area contributed by atoms with Crippen molar-refractivity contribution in [1.29, 1.82) is 0 Å². The summed E-state index contributed by atoms with van der Waals surface area (Å²) in [7, 11) is 0. The van der Waals surface area contributed by atoms with Crippen LogP contribution in [-0.2, 0) is 14.4 Å². The Balaban J connectivity index is 2.05. The van der Waals surface area contributed by atoms with E-state index in [0.717, 1.165) is 30.0 Å². The van der Waals surface area contributed by atoms with Gasteiger partial charge in [0, 0.05) is 18.7 Å². The fourth-order valence-electron chi connectivity index (χ4n) is 2.84. The molecule has 0 aliphatic carbocycles. The van der Waals surface area contributed by atoms with Gasteiger partial charge in [0.15, 0.2) is 0 Å². The predicted molar refractivity (Wildman–Crippen MR) is 105 cm³/mol. The summed E-state index contributed by atoms with van der Waals surface area (Å²) in [4.78, 5) is 37.8. The highest BCUT2D eigenvalue weighted by Crippen LogP contribution is 2.39. The van der Waals surface area contributed by atoms with Gasteiger partial charge in [-0.1, -0.05) is 19.1 Å². The first-order valence-electron chi connectivity index (χ1n) is 8.42. The van der Waals surface area contributed by atoms with Gasteiger partial charge in [0.05, 0.1) is 16.2 Å². The Morgan fingerprint density at radius 3 is 2.36 bits per heavy atom. The van der Waals surface area contributed by atoms with E-state index in [1.54, 1.807) is 24.3 Å². The molecule has 0 radical (unpaired) electrons. The smallest absolute Gasteiger partial charge is 0.272 e. The Bertz CT molecular complexity index is 1000. The van der Waals surface area contributed by atoms with Crippen molar-refractivity contribution in [2.24, 2.45) is 0 Å². The number of anilines is 2. The first kappa shape index (κ1) is 19.8. The number of halogens is 2. The van der Waals surface area contributed by atoms with Crippen molar-refractivity contribution in [2.75, 3.05) is 16.0 Å². The molecule has 2 aromatic rings. The van der Waals surface area contributed by atoms with Gasteiger partial charge in [-0.3, -0.25) is 14.4 Å². The van der Waals surface area contributed by atoms with Crippen molar-refractivity contribution < 1.29 is 23.2 Å². The number of nitrogens with zero attached hydrogens (tertiary/aromatic N) is 1. The van der Waals surface area contributed by atoms with Gasteiger partial charge in [-0.05, 0) is 35.6 Å². The first-order valence-corrected chi connectivity index (χ1v) is 9.41. The Hall–Kier alpha value is -3.00. The van der Waals surface area contributed by atoms with E-state index in [9.17, 15) is 23.2 Å². The van der Waals surface area contributed by atoms with Crippen molar-refractivity contribution in [1.82, 2.24) is 0 Å². The highest BCUT2D eigenvalue weighted by Gasteiger charge is 2.41. The Morgan fingerprint density at radius 1 is 1.07 bits per heavy atom. The van der Waals surface area contributed by atoms with Gasteiger partial charge in [0.25, 0.3) is 11.8 Å². The number of carbonyl (C=O) groups is 3. The first-order chi connectivity index (χ1) is 13.3. The average Bonchev–Trinajstić information content (AvgIpc) is 2.88. The van der Waals surface area contributed by atoms with Crippen LogP contribution < -0.4 is 10.2 Å². The van der Waals surface area contributed by atoms with Crippen LogP contribution in [0.1, 0.15) is 19.4 Å². The number of benzene rings is 2. The quantitative estimate of drug-likeness (QED) is 0.769.